The monoisotopic (exact) mass is 562 g/mol. The van der Waals surface area contributed by atoms with E-state index in [4.69, 9.17) is 18.9 Å². The Labute approximate surface area is 239 Å². The molecule has 0 amide bonds. The van der Waals surface area contributed by atoms with Crippen molar-refractivity contribution in [3.8, 4) is 0 Å². The van der Waals surface area contributed by atoms with Gasteiger partial charge in [0.05, 0.1) is 6.61 Å². The van der Waals surface area contributed by atoms with E-state index in [9.17, 15) is 19.2 Å². The van der Waals surface area contributed by atoms with Gasteiger partial charge in [-0.3, -0.25) is 19.2 Å². The van der Waals surface area contributed by atoms with Crippen molar-refractivity contribution in [2.24, 2.45) is 46.3 Å². The van der Waals surface area contributed by atoms with Crippen molar-refractivity contribution in [1.29, 1.82) is 0 Å². The lowest BCUT2D eigenvalue weighted by molar-refractivity contribution is -0.242. The Balaban J connectivity index is 1.67. The molecule has 0 aromatic heterocycles. The van der Waals surface area contributed by atoms with Crippen LogP contribution in [-0.2, 0) is 38.1 Å². The molecule has 40 heavy (non-hydrogen) atoms. The number of fused-ring (bicyclic) bond motifs is 5. The second-order valence-electron chi connectivity index (χ2n) is 13.6. The van der Waals surface area contributed by atoms with Crippen LogP contribution in [0.5, 0.6) is 0 Å². The highest BCUT2D eigenvalue weighted by atomic mass is 16.6. The van der Waals surface area contributed by atoms with Gasteiger partial charge >= 0.3 is 23.9 Å². The Hall–Kier alpha value is -2.12. The summed E-state index contributed by atoms with van der Waals surface area (Å²) in [5.41, 5.74) is -0.0699. The molecule has 0 aromatic rings. The van der Waals surface area contributed by atoms with Crippen LogP contribution in [0.1, 0.15) is 106 Å². The Morgan fingerprint density at radius 3 is 2.00 bits per heavy atom. The highest BCUT2D eigenvalue weighted by Crippen LogP contribution is 2.69. The summed E-state index contributed by atoms with van der Waals surface area (Å²) in [4.78, 5) is 48.9. The molecule has 226 valence electrons. The molecule has 4 fully saturated rings. The van der Waals surface area contributed by atoms with Crippen molar-refractivity contribution in [3.05, 3.63) is 0 Å². The molecule has 0 bridgehead atoms. The van der Waals surface area contributed by atoms with Crippen LogP contribution in [0.25, 0.3) is 0 Å². The van der Waals surface area contributed by atoms with E-state index in [-0.39, 0.29) is 52.6 Å². The van der Waals surface area contributed by atoms with Crippen molar-refractivity contribution in [2.75, 3.05) is 6.61 Å². The normalized spacial score (nSPS) is 41.0. The van der Waals surface area contributed by atoms with E-state index in [0.29, 0.717) is 43.1 Å². The molecule has 0 spiro atoms. The summed E-state index contributed by atoms with van der Waals surface area (Å²) in [5, 5.41) is 0. The van der Waals surface area contributed by atoms with Crippen molar-refractivity contribution < 1.29 is 38.1 Å². The first kappa shape index (κ1) is 30.8. The van der Waals surface area contributed by atoms with E-state index in [1.54, 1.807) is 0 Å². The Bertz CT molecular complexity index is 978. The standard InChI is InChI=1S/C32H50O8/c1-8-37-27(36)12-9-18(2)23-10-11-24-28-25(14-16-31(23,24)6)32(7)15-13-22(38-19(3)33)17-26(32)29(39-20(4)34)30(28)40-21(5)35/h18,22-26,28-30H,8-17H2,1-7H3. The maximum Gasteiger partial charge on any atom is 0.305 e. The van der Waals surface area contributed by atoms with E-state index in [1.807, 2.05) is 6.92 Å². The maximum absolute atomic E-state index is 12.5. The summed E-state index contributed by atoms with van der Waals surface area (Å²) >= 11 is 0. The average Bonchev–Trinajstić information content (AvgIpc) is 3.22. The fraction of sp³-hybridized carbons (Fsp3) is 0.875. The predicted octanol–water partition coefficient (Wildman–Crippen LogP) is 5.64. The number of ether oxygens (including phenoxy) is 4. The van der Waals surface area contributed by atoms with Crippen molar-refractivity contribution >= 4 is 23.9 Å². The van der Waals surface area contributed by atoms with E-state index < -0.39 is 12.2 Å². The van der Waals surface area contributed by atoms with Crippen LogP contribution in [0, 0.1) is 46.3 Å². The third-order valence-electron chi connectivity index (χ3n) is 11.5. The van der Waals surface area contributed by atoms with Gasteiger partial charge in [-0.05, 0) is 92.8 Å². The van der Waals surface area contributed by atoms with Gasteiger partial charge in [0, 0.05) is 39.0 Å². The van der Waals surface area contributed by atoms with Crippen LogP contribution in [0.4, 0.5) is 0 Å². The number of carbonyl (C=O) groups excluding carboxylic acids is 4. The minimum Gasteiger partial charge on any atom is -0.466 e. The van der Waals surface area contributed by atoms with Crippen LogP contribution >= 0.6 is 0 Å². The van der Waals surface area contributed by atoms with Crippen LogP contribution in [0.2, 0.25) is 0 Å². The van der Waals surface area contributed by atoms with Gasteiger partial charge in [-0.1, -0.05) is 20.8 Å². The predicted molar refractivity (Wildman–Crippen MR) is 148 cm³/mol. The van der Waals surface area contributed by atoms with Gasteiger partial charge in [0.1, 0.15) is 18.3 Å². The largest absolute Gasteiger partial charge is 0.466 e. The second-order valence-corrected chi connectivity index (χ2v) is 13.6. The van der Waals surface area contributed by atoms with Gasteiger partial charge in [-0.15, -0.1) is 0 Å². The lowest BCUT2D eigenvalue weighted by Gasteiger charge is -2.64. The number of hydrogen-bond donors (Lipinski definition) is 0. The molecule has 4 rings (SSSR count). The summed E-state index contributed by atoms with van der Waals surface area (Å²) in [7, 11) is 0. The molecule has 4 saturated carbocycles. The van der Waals surface area contributed by atoms with Gasteiger partial charge in [0.2, 0.25) is 0 Å². The molecule has 11 unspecified atom stereocenters. The fourth-order valence-electron chi connectivity index (χ4n) is 9.94. The van der Waals surface area contributed by atoms with E-state index >= 15 is 0 Å². The van der Waals surface area contributed by atoms with E-state index in [0.717, 1.165) is 44.9 Å². The minimum absolute atomic E-state index is 0.0482. The summed E-state index contributed by atoms with van der Waals surface area (Å²) in [6.45, 7) is 13.5. The highest BCUT2D eigenvalue weighted by Gasteiger charge is 2.67. The smallest absolute Gasteiger partial charge is 0.305 e. The molecule has 0 N–H and O–H groups in total. The van der Waals surface area contributed by atoms with Crippen LogP contribution < -0.4 is 0 Å². The molecule has 0 heterocycles. The quantitative estimate of drug-likeness (QED) is 0.276. The first-order valence-corrected chi connectivity index (χ1v) is 15.5. The first-order valence-electron chi connectivity index (χ1n) is 15.5. The van der Waals surface area contributed by atoms with Gasteiger partial charge < -0.3 is 18.9 Å². The molecule has 0 aromatic carbocycles. The first-order chi connectivity index (χ1) is 18.8. The molecule has 0 aliphatic heterocycles. The molecule has 4 aliphatic rings. The molecular formula is C32H50O8. The van der Waals surface area contributed by atoms with Gasteiger partial charge in [0.25, 0.3) is 0 Å². The molecule has 8 nitrogen and oxygen atoms in total. The SMILES string of the molecule is CCOC(=O)CCC(C)C1CCC2C3C(OC(C)=O)C(OC(C)=O)C4CC(OC(C)=O)CCC4(C)C3CCC12C. The molecule has 0 radical (unpaired) electrons. The van der Waals surface area contributed by atoms with Crippen molar-refractivity contribution in [1.82, 2.24) is 0 Å². The zero-order valence-corrected chi connectivity index (χ0v) is 25.5. The number of carbonyl (C=O) groups is 4. The van der Waals surface area contributed by atoms with Gasteiger partial charge in [-0.2, -0.15) is 0 Å². The van der Waals surface area contributed by atoms with Crippen LogP contribution in [-0.4, -0.2) is 48.8 Å². The topological polar surface area (TPSA) is 105 Å². The number of rotatable bonds is 8. The van der Waals surface area contributed by atoms with E-state index in [2.05, 4.69) is 20.8 Å². The molecule has 8 heteroatoms. The lowest BCUT2D eigenvalue weighted by Crippen LogP contribution is -2.65. The Morgan fingerprint density at radius 1 is 0.775 bits per heavy atom. The lowest BCUT2D eigenvalue weighted by atomic mass is 9.43. The minimum atomic E-state index is -0.575. The Morgan fingerprint density at radius 2 is 1.38 bits per heavy atom. The summed E-state index contributed by atoms with van der Waals surface area (Å²) in [6, 6.07) is 0. The molecule has 11 atom stereocenters. The third-order valence-corrected chi connectivity index (χ3v) is 11.5. The maximum atomic E-state index is 12.5. The number of esters is 4. The third kappa shape index (κ3) is 5.78. The fourth-order valence-corrected chi connectivity index (χ4v) is 9.94. The second kappa shape index (κ2) is 12.0. The summed E-state index contributed by atoms with van der Waals surface area (Å²) < 4.78 is 23.1. The Kier molecular flexibility index (Phi) is 9.26. The summed E-state index contributed by atoms with van der Waals surface area (Å²) in [5.74, 6) is 0.325. The van der Waals surface area contributed by atoms with Crippen molar-refractivity contribution in [3.63, 3.8) is 0 Å². The highest BCUT2D eigenvalue weighted by molar-refractivity contribution is 5.69. The van der Waals surface area contributed by atoms with Crippen molar-refractivity contribution in [2.45, 2.75) is 125 Å². The number of hydrogen-bond acceptors (Lipinski definition) is 8. The van der Waals surface area contributed by atoms with Crippen LogP contribution in [0.15, 0.2) is 0 Å². The summed E-state index contributed by atoms with van der Waals surface area (Å²) in [6.07, 6.45) is 6.41. The zero-order chi connectivity index (χ0) is 29.4. The average molecular weight is 563 g/mol. The molecular weight excluding hydrogens is 512 g/mol. The van der Waals surface area contributed by atoms with Gasteiger partial charge in [0.15, 0.2) is 0 Å². The molecule has 0 saturated heterocycles. The van der Waals surface area contributed by atoms with E-state index in [1.165, 1.54) is 20.8 Å². The zero-order valence-electron chi connectivity index (χ0n) is 25.5. The van der Waals surface area contributed by atoms with Crippen LogP contribution in [0.3, 0.4) is 0 Å². The van der Waals surface area contributed by atoms with Gasteiger partial charge in [-0.25, -0.2) is 0 Å². The molecule has 4 aliphatic carbocycles.